The van der Waals surface area contributed by atoms with Gasteiger partial charge in [-0.05, 0) is 43.0 Å². The molecule has 1 amide bonds. The number of anilines is 1. The van der Waals surface area contributed by atoms with Crippen LogP contribution in [0.3, 0.4) is 0 Å². The summed E-state index contributed by atoms with van der Waals surface area (Å²) in [6.07, 6.45) is 1.04. The molecule has 0 bridgehead atoms. The van der Waals surface area contributed by atoms with Gasteiger partial charge in [0, 0.05) is 22.5 Å². The van der Waals surface area contributed by atoms with E-state index in [1.807, 2.05) is 76.2 Å². The average Bonchev–Trinajstić information content (AvgIpc) is 3.22. The number of benzene rings is 2. The monoisotopic (exact) mass is 403 g/mol. The number of aryl methyl sites for hydroxylation is 2. The third-order valence-electron chi connectivity index (χ3n) is 5.63. The average molecular weight is 403 g/mol. The third kappa shape index (κ3) is 2.96. The van der Waals surface area contributed by atoms with Gasteiger partial charge in [-0.15, -0.1) is 0 Å². The minimum absolute atomic E-state index is 0.00168. The number of hydrogen-bond donors (Lipinski definition) is 3. The van der Waals surface area contributed by atoms with Gasteiger partial charge in [-0.2, -0.15) is 0 Å². The van der Waals surface area contributed by atoms with Gasteiger partial charge < -0.3 is 20.3 Å². The smallest absolute Gasteiger partial charge is 0.259 e. The normalized spacial score (nSPS) is 18.4. The highest BCUT2D eigenvalue weighted by Crippen LogP contribution is 2.44. The summed E-state index contributed by atoms with van der Waals surface area (Å²) in [7, 11) is 0. The van der Waals surface area contributed by atoms with Crippen molar-refractivity contribution in [2.45, 2.75) is 33.2 Å². The SMILES string of the molecule is Cc1noc(C)c1-c1ccc2c(c1)C(N/C(=C\O)C(C)C)(c1ccccc1)C(=O)N2. The van der Waals surface area contributed by atoms with Crippen LogP contribution in [0, 0.1) is 19.8 Å². The fraction of sp³-hybridized carbons (Fsp3) is 0.250. The number of nitrogens with one attached hydrogen (secondary N) is 2. The van der Waals surface area contributed by atoms with E-state index in [9.17, 15) is 9.90 Å². The highest BCUT2D eigenvalue weighted by Gasteiger charge is 2.49. The summed E-state index contributed by atoms with van der Waals surface area (Å²) < 4.78 is 5.35. The minimum atomic E-state index is -1.18. The molecular weight excluding hydrogens is 378 g/mol. The number of carbonyl (C=O) groups excluding carboxylic acids is 1. The van der Waals surface area contributed by atoms with E-state index < -0.39 is 5.54 Å². The number of fused-ring (bicyclic) bond motifs is 1. The molecule has 2 aromatic carbocycles. The van der Waals surface area contributed by atoms with Crippen LogP contribution in [0.4, 0.5) is 5.69 Å². The summed E-state index contributed by atoms with van der Waals surface area (Å²) in [5.41, 5.74) is 4.33. The van der Waals surface area contributed by atoms with E-state index in [0.29, 0.717) is 5.70 Å². The Bertz CT molecular complexity index is 1110. The first-order valence-electron chi connectivity index (χ1n) is 9.95. The number of hydrogen-bond acceptors (Lipinski definition) is 5. The third-order valence-corrected chi connectivity index (χ3v) is 5.63. The number of aliphatic hydroxyl groups excluding tert-OH is 1. The van der Waals surface area contributed by atoms with Crippen molar-refractivity contribution >= 4 is 11.6 Å². The Morgan fingerprint density at radius 2 is 1.93 bits per heavy atom. The van der Waals surface area contributed by atoms with E-state index in [4.69, 9.17) is 4.52 Å². The molecule has 2 heterocycles. The molecule has 0 fully saturated rings. The fourth-order valence-corrected chi connectivity index (χ4v) is 4.07. The van der Waals surface area contributed by atoms with E-state index in [2.05, 4.69) is 15.8 Å². The molecule has 0 radical (unpaired) electrons. The Morgan fingerprint density at radius 3 is 2.53 bits per heavy atom. The maximum atomic E-state index is 13.4. The van der Waals surface area contributed by atoms with Crippen LogP contribution in [0.15, 0.2) is 65.0 Å². The van der Waals surface area contributed by atoms with Crippen LogP contribution in [-0.4, -0.2) is 16.2 Å². The van der Waals surface area contributed by atoms with Crippen molar-refractivity contribution in [3.63, 3.8) is 0 Å². The second kappa shape index (κ2) is 7.37. The van der Waals surface area contributed by atoms with Crippen LogP contribution < -0.4 is 10.6 Å². The van der Waals surface area contributed by atoms with Gasteiger partial charge in [-0.1, -0.05) is 55.4 Å². The lowest BCUT2D eigenvalue weighted by molar-refractivity contribution is -0.120. The van der Waals surface area contributed by atoms with E-state index >= 15 is 0 Å². The quantitative estimate of drug-likeness (QED) is 0.533. The molecule has 154 valence electrons. The summed E-state index contributed by atoms with van der Waals surface area (Å²) in [5, 5.41) is 20.3. The maximum Gasteiger partial charge on any atom is 0.259 e. The first-order chi connectivity index (χ1) is 14.4. The molecule has 1 aliphatic heterocycles. The summed E-state index contributed by atoms with van der Waals surface area (Å²) in [6, 6.07) is 15.4. The number of allylic oxidation sites excluding steroid dienone is 1. The predicted octanol–water partition coefficient (Wildman–Crippen LogP) is 4.80. The fourth-order valence-electron chi connectivity index (χ4n) is 4.07. The molecule has 6 heteroatoms. The lowest BCUT2D eigenvalue weighted by atomic mass is 9.82. The lowest BCUT2D eigenvalue weighted by Gasteiger charge is -2.32. The molecule has 3 N–H and O–H groups in total. The summed E-state index contributed by atoms with van der Waals surface area (Å²) >= 11 is 0. The van der Waals surface area contributed by atoms with Crippen molar-refractivity contribution in [3.05, 3.63) is 83.1 Å². The van der Waals surface area contributed by atoms with Crippen LogP contribution in [0.5, 0.6) is 0 Å². The zero-order valence-corrected chi connectivity index (χ0v) is 17.5. The van der Waals surface area contributed by atoms with Gasteiger partial charge >= 0.3 is 0 Å². The largest absolute Gasteiger partial charge is 0.514 e. The molecule has 3 aromatic rings. The van der Waals surface area contributed by atoms with Crippen LogP contribution in [0.1, 0.15) is 36.4 Å². The number of aromatic nitrogens is 1. The van der Waals surface area contributed by atoms with Gasteiger partial charge in [0.2, 0.25) is 0 Å². The van der Waals surface area contributed by atoms with Gasteiger partial charge in [0.25, 0.3) is 5.91 Å². The molecule has 1 aliphatic rings. The zero-order chi connectivity index (χ0) is 21.5. The zero-order valence-electron chi connectivity index (χ0n) is 17.5. The van der Waals surface area contributed by atoms with Gasteiger partial charge in [0.1, 0.15) is 5.76 Å². The number of amides is 1. The molecule has 0 saturated heterocycles. The Labute approximate surface area is 175 Å². The minimum Gasteiger partial charge on any atom is -0.514 e. The molecule has 1 aromatic heterocycles. The van der Waals surface area contributed by atoms with Crippen molar-refractivity contribution in [3.8, 4) is 11.1 Å². The lowest BCUT2D eigenvalue weighted by Crippen LogP contribution is -2.49. The number of rotatable bonds is 5. The topological polar surface area (TPSA) is 87.4 Å². The molecule has 0 spiro atoms. The Balaban J connectivity index is 1.97. The number of aliphatic hydroxyl groups is 1. The van der Waals surface area contributed by atoms with E-state index in [0.717, 1.165) is 45.7 Å². The molecule has 1 atom stereocenters. The maximum absolute atomic E-state index is 13.4. The first kappa shape index (κ1) is 19.8. The summed E-state index contributed by atoms with van der Waals surface area (Å²) in [5.74, 6) is 0.527. The second-order valence-corrected chi connectivity index (χ2v) is 7.89. The Hall–Kier alpha value is -3.54. The van der Waals surface area contributed by atoms with Crippen LogP contribution in [0.25, 0.3) is 11.1 Å². The van der Waals surface area contributed by atoms with E-state index in [1.165, 1.54) is 0 Å². The summed E-state index contributed by atoms with van der Waals surface area (Å²) in [6.45, 7) is 7.69. The molecular formula is C24H25N3O3. The highest BCUT2D eigenvalue weighted by molar-refractivity contribution is 6.09. The standard InChI is InChI=1S/C24H25N3O3/c1-14(2)21(13-28)26-24(18-8-6-5-7-9-18)19-12-17(10-11-20(19)25-23(24)29)22-15(3)27-30-16(22)4/h5-14,26,28H,1-4H3,(H,25,29)/b21-13-. The molecule has 0 saturated carbocycles. The molecule has 4 rings (SSSR count). The highest BCUT2D eigenvalue weighted by atomic mass is 16.5. The predicted molar refractivity (Wildman–Crippen MR) is 116 cm³/mol. The Kier molecular flexibility index (Phi) is 4.86. The van der Waals surface area contributed by atoms with Gasteiger partial charge in [0.15, 0.2) is 5.54 Å². The summed E-state index contributed by atoms with van der Waals surface area (Å²) in [4.78, 5) is 13.4. The van der Waals surface area contributed by atoms with E-state index in [-0.39, 0.29) is 11.8 Å². The first-order valence-corrected chi connectivity index (χ1v) is 9.95. The van der Waals surface area contributed by atoms with Crippen molar-refractivity contribution in [1.82, 2.24) is 10.5 Å². The van der Waals surface area contributed by atoms with Gasteiger partial charge in [0.05, 0.1) is 12.0 Å². The van der Waals surface area contributed by atoms with Crippen molar-refractivity contribution in [2.75, 3.05) is 5.32 Å². The molecule has 6 nitrogen and oxygen atoms in total. The van der Waals surface area contributed by atoms with Crippen molar-refractivity contribution < 1.29 is 14.4 Å². The van der Waals surface area contributed by atoms with E-state index in [1.54, 1.807) is 0 Å². The molecule has 30 heavy (non-hydrogen) atoms. The molecule has 1 unspecified atom stereocenters. The van der Waals surface area contributed by atoms with Gasteiger partial charge in [-0.25, -0.2) is 0 Å². The second-order valence-electron chi connectivity index (χ2n) is 7.89. The van der Waals surface area contributed by atoms with Gasteiger partial charge in [-0.3, -0.25) is 4.79 Å². The van der Waals surface area contributed by atoms with Crippen molar-refractivity contribution in [2.24, 2.45) is 5.92 Å². The number of carbonyl (C=O) groups is 1. The Morgan fingerprint density at radius 1 is 1.20 bits per heavy atom. The van der Waals surface area contributed by atoms with Crippen LogP contribution in [-0.2, 0) is 10.3 Å². The van der Waals surface area contributed by atoms with Crippen molar-refractivity contribution in [1.29, 1.82) is 0 Å². The van der Waals surface area contributed by atoms with Crippen LogP contribution >= 0.6 is 0 Å². The number of nitrogens with zero attached hydrogens (tertiary/aromatic N) is 1. The van der Waals surface area contributed by atoms with Crippen LogP contribution in [0.2, 0.25) is 0 Å². The molecule has 0 aliphatic carbocycles.